The summed E-state index contributed by atoms with van der Waals surface area (Å²) in [6.45, 7) is 0.508. The molecule has 0 aliphatic rings. The SMILES string of the molecule is COc1cc(Cl)c(CNc2ncn[nH]2)cc1OC. The van der Waals surface area contributed by atoms with Gasteiger partial charge in [0.2, 0.25) is 5.95 Å². The number of methoxy groups -OCH3 is 2. The molecule has 6 nitrogen and oxygen atoms in total. The van der Waals surface area contributed by atoms with E-state index < -0.39 is 0 Å². The van der Waals surface area contributed by atoms with E-state index in [1.54, 1.807) is 20.3 Å². The van der Waals surface area contributed by atoms with Crippen LogP contribution in [0.25, 0.3) is 0 Å². The van der Waals surface area contributed by atoms with Crippen molar-refractivity contribution in [3.05, 3.63) is 29.0 Å². The van der Waals surface area contributed by atoms with E-state index in [9.17, 15) is 0 Å². The van der Waals surface area contributed by atoms with Crippen LogP contribution in [0.5, 0.6) is 11.5 Å². The summed E-state index contributed by atoms with van der Waals surface area (Å²) in [7, 11) is 3.15. The lowest BCUT2D eigenvalue weighted by atomic mass is 10.2. The molecule has 0 unspecified atom stereocenters. The third kappa shape index (κ3) is 2.65. The van der Waals surface area contributed by atoms with Gasteiger partial charge in [0.1, 0.15) is 6.33 Å². The van der Waals surface area contributed by atoms with Crippen molar-refractivity contribution in [2.75, 3.05) is 19.5 Å². The zero-order valence-corrected chi connectivity index (χ0v) is 10.8. The number of H-pyrrole nitrogens is 1. The number of rotatable bonds is 5. The summed E-state index contributed by atoms with van der Waals surface area (Å²) in [5.41, 5.74) is 0.880. The van der Waals surface area contributed by atoms with Crippen LogP contribution in [0.4, 0.5) is 5.95 Å². The normalized spacial score (nSPS) is 10.2. The molecule has 0 aliphatic heterocycles. The van der Waals surface area contributed by atoms with Crippen LogP contribution in [0.1, 0.15) is 5.56 Å². The second-order valence-corrected chi connectivity index (χ2v) is 3.89. The van der Waals surface area contributed by atoms with Gasteiger partial charge in [-0.2, -0.15) is 5.10 Å². The first-order chi connectivity index (χ1) is 8.74. The molecule has 0 amide bonds. The molecule has 0 fully saturated rings. The Morgan fingerprint density at radius 3 is 2.61 bits per heavy atom. The predicted octanol–water partition coefficient (Wildman–Crippen LogP) is 2.09. The minimum Gasteiger partial charge on any atom is -0.493 e. The lowest BCUT2D eigenvalue weighted by Crippen LogP contribution is -2.02. The minimum absolute atomic E-state index is 0.508. The van der Waals surface area contributed by atoms with Crippen molar-refractivity contribution in [2.24, 2.45) is 0 Å². The van der Waals surface area contributed by atoms with Gasteiger partial charge in [0.25, 0.3) is 0 Å². The van der Waals surface area contributed by atoms with E-state index in [-0.39, 0.29) is 0 Å². The Morgan fingerprint density at radius 2 is 2.00 bits per heavy atom. The summed E-state index contributed by atoms with van der Waals surface area (Å²) in [6, 6.07) is 3.54. The number of hydrogen-bond donors (Lipinski definition) is 2. The van der Waals surface area contributed by atoms with E-state index >= 15 is 0 Å². The van der Waals surface area contributed by atoms with Crippen LogP contribution < -0.4 is 14.8 Å². The predicted molar refractivity (Wildman–Crippen MR) is 68.3 cm³/mol. The maximum Gasteiger partial charge on any atom is 0.218 e. The Bertz CT molecular complexity index is 516. The third-order valence-corrected chi connectivity index (χ3v) is 2.77. The van der Waals surface area contributed by atoms with E-state index in [1.165, 1.54) is 6.33 Å². The molecule has 1 aromatic carbocycles. The molecule has 2 rings (SSSR count). The number of anilines is 1. The van der Waals surface area contributed by atoms with Crippen LogP contribution in [0.3, 0.4) is 0 Å². The maximum absolute atomic E-state index is 6.16. The molecule has 2 aromatic rings. The summed E-state index contributed by atoms with van der Waals surface area (Å²) in [5.74, 6) is 1.82. The zero-order chi connectivity index (χ0) is 13.0. The summed E-state index contributed by atoms with van der Waals surface area (Å²) >= 11 is 6.16. The lowest BCUT2D eigenvalue weighted by Gasteiger charge is -2.11. The Balaban J connectivity index is 2.17. The van der Waals surface area contributed by atoms with Crippen LogP contribution >= 0.6 is 11.6 Å². The fraction of sp³-hybridized carbons (Fsp3) is 0.273. The van der Waals surface area contributed by atoms with Gasteiger partial charge in [-0.05, 0) is 11.6 Å². The maximum atomic E-state index is 6.16. The van der Waals surface area contributed by atoms with Crippen LogP contribution in [-0.2, 0) is 6.54 Å². The molecular formula is C11H13ClN4O2. The molecule has 0 bridgehead atoms. The molecule has 96 valence electrons. The van der Waals surface area contributed by atoms with Gasteiger partial charge >= 0.3 is 0 Å². The number of aromatic amines is 1. The number of ether oxygens (including phenoxy) is 2. The molecule has 0 aliphatic carbocycles. The van der Waals surface area contributed by atoms with Crippen molar-refractivity contribution < 1.29 is 9.47 Å². The summed E-state index contributed by atoms with van der Waals surface area (Å²) in [4.78, 5) is 3.96. The molecular weight excluding hydrogens is 256 g/mol. The van der Waals surface area contributed by atoms with Gasteiger partial charge in [0, 0.05) is 17.6 Å². The zero-order valence-electron chi connectivity index (χ0n) is 10.0. The molecule has 7 heteroatoms. The lowest BCUT2D eigenvalue weighted by molar-refractivity contribution is 0.354. The highest BCUT2D eigenvalue weighted by Gasteiger charge is 2.09. The monoisotopic (exact) mass is 268 g/mol. The highest BCUT2D eigenvalue weighted by Crippen LogP contribution is 2.33. The first-order valence-corrected chi connectivity index (χ1v) is 5.62. The van der Waals surface area contributed by atoms with Crippen LogP contribution in [0.15, 0.2) is 18.5 Å². The Hall–Kier alpha value is -1.95. The van der Waals surface area contributed by atoms with E-state index in [0.29, 0.717) is 29.0 Å². The van der Waals surface area contributed by atoms with Gasteiger partial charge in [0.15, 0.2) is 11.5 Å². The highest BCUT2D eigenvalue weighted by molar-refractivity contribution is 6.31. The molecule has 2 N–H and O–H groups in total. The van der Waals surface area contributed by atoms with E-state index in [1.807, 2.05) is 6.07 Å². The Labute approximate surface area is 109 Å². The third-order valence-electron chi connectivity index (χ3n) is 2.41. The molecule has 1 heterocycles. The van der Waals surface area contributed by atoms with Crippen LogP contribution in [0.2, 0.25) is 5.02 Å². The standard InChI is InChI=1S/C11H13ClN4O2/c1-17-9-3-7(8(12)4-10(9)18-2)5-13-11-14-6-15-16-11/h3-4,6H,5H2,1-2H3,(H2,13,14,15,16). The second-order valence-electron chi connectivity index (χ2n) is 3.49. The van der Waals surface area contributed by atoms with E-state index in [4.69, 9.17) is 21.1 Å². The summed E-state index contributed by atoms with van der Waals surface area (Å²) < 4.78 is 10.4. The Kier molecular flexibility index (Phi) is 3.88. The van der Waals surface area contributed by atoms with Gasteiger partial charge in [0.05, 0.1) is 14.2 Å². The van der Waals surface area contributed by atoms with Crippen molar-refractivity contribution in [1.29, 1.82) is 0 Å². The molecule has 0 radical (unpaired) electrons. The largest absolute Gasteiger partial charge is 0.493 e. The fourth-order valence-electron chi connectivity index (χ4n) is 1.50. The van der Waals surface area contributed by atoms with Crippen LogP contribution in [0, 0.1) is 0 Å². The summed E-state index contributed by atoms with van der Waals surface area (Å²) in [6.07, 6.45) is 1.43. The highest BCUT2D eigenvalue weighted by atomic mass is 35.5. The van der Waals surface area contributed by atoms with Crippen LogP contribution in [-0.4, -0.2) is 29.4 Å². The van der Waals surface area contributed by atoms with Gasteiger partial charge in [-0.3, -0.25) is 0 Å². The van der Waals surface area contributed by atoms with Crippen molar-refractivity contribution in [3.8, 4) is 11.5 Å². The molecule has 1 aromatic heterocycles. The van der Waals surface area contributed by atoms with Crippen molar-refractivity contribution >= 4 is 17.5 Å². The second kappa shape index (κ2) is 5.59. The molecule has 18 heavy (non-hydrogen) atoms. The van der Waals surface area contributed by atoms with Crippen molar-refractivity contribution in [1.82, 2.24) is 15.2 Å². The molecule has 0 saturated carbocycles. The molecule has 0 atom stereocenters. The average molecular weight is 269 g/mol. The summed E-state index contributed by atoms with van der Waals surface area (Å²) in [5, 5.41) is 10.1. The van der Waals surface area contributed by atoms with Gasteiger partial charge < -0.3 is 14.8 Å². The van der Waals surface area contributed by atoms with Gasteiger partial charge in [-0.1, -0.05) is 11.6 Å². The van der Waals surface area contributed by atoms with Gasteiger partial charge in [-0.25, -0.2) is 10.1 Å². The van der Waals surface area contributed by atoms with Crippen molar-refractivity contribution in [3.63, 3.8) is 0 Å². The number of hydrogen-bond acceptors (Lipinski definition) is 5. The number of halogens is 1. The molecule has 0 saturated heterocycles. The average Bonchev–Trinajstić information content (AvgIpc) is 2.90. The van der Waals surface area contributed by atoms with Crippen molar-refractivity contribution in [2.45, 2.75) is 6.54 Å². The Morgan fingerprint density at radius 1 is 1.28 bits per heavy atom. The molecule has 0 spiro atoms. The number of nitrogens with one attached hydrogen (secondary N) is 2. The number of aromatic nitrogens is 3. The minimum atomic E-state index is 0.508. The number of benzene rings is 1. The van der Waals surface area contributed by atoms with Gasteiger partial charge in [-0.15, -0.1) is 0 Å². The fourth-order valence-corrected chi connectivity index (χ4v) is 1.72. The smallest absolute Gasteiger partial charge is 0.218 e. The first kappa shape index (κ1) is 12.5. The first-order valence-electron chi connectivity index (χ1n) is 5.24. The quantitative estimate of drug-likeness (QED) is 0.869. The van der Waals surface area contributed by atoms with E-state index in [2.05, 4.69) is 20.5 Å². The number of nitrogens with zero attached hydrogens (tertiary/aromatic N) is 2. The van der Waals surface area contributed by atoms with E-state index in [0.717, 1.165) is 5.56 Å². The topological polar surface area (TPSA) is 72.1 Å².